The summed E-state index contributed by atoms with van der Waals surface area (Å²) in [5.41, 5.74) is 0. The minimum Gasteiger partial charge on any atom is -0.491 e. The Morgan fingerprint density at radius 1 is 1.77 bits per heavy atom. The molecule has 1 rings (SSSR count). The number of amides is 1. The van der Waals surface area contributed by atoms with Crippen LogP contribution in [0, 0.1) is 0 Å². The third-order valence-corrected chi connectivity index (χ3v) is 1.61. The van der Waals surface area contributed by atoms with Crippen molar-refractivity contribution in [3.8, 4) is 5.88 Å². The molecular formula is C8H12N2O3. The van der Waals surface area contributed by atoms with E-state index in [1.807, 2.05) is 0 Å². The smallest absolute Gasteiger partial charge is 0.250 e. The second-order valence-corrected chi connectivity index (χ2v) is 2.63. The van der Waals surface area contributed by atoms with Gasteiger partial charge in [-0.05, 0) is 6.42 Å². The first kappa shape index (κ1) is 9.57. The van der Waals surface area contributed by atoms with Crippen LogP contribution in [0.15, 0.2) is 10.7 Å². The fourth-order valence-corrected chi connectivity index (χ4v) is 0.941. The molecule has 13 heavy (non-hydrogen) atoms. The van der Waals surface area contributed by atoms with Crippen LogP contribution in [0.1, 0.15) is 18.7 Å². The molecule has 0 unspecified atom stereocenters. The quantitative estimate of drug-likeness (QED) is 0.712. The van der Waals surface area contributed by atoms with Crippen molar-refractivity contribution in [2.24, 2.45) is 0 Å². The Kier molecular flexibility index (Phi) is 3.31. The van der Waals surface area contributed by atoms with Gasteiger partial charge >= 0.3 is 0 Å². The van der Waals surface area contributed by atoms with Gasteiger partial charge < -0.3 is 14.8 Å². The molecule has 0 bridgehead atoms. The molecule has 1 aromatic rings. The van der Waals surface area contributed by atoms with E-state index in [9.17, 15) is 4.79 Å². The number of oxazole rings is 1. The first-order valence-corrected chi connectivity index (χ1v) is 4.06. The summed E-state index contributed by atoms with van der Waals surface area (Å²) < 4.78 is 4.89. The molecule has 0 fully saturated rings. The molecule has 0 atom stereocenters. The summed E-state index contributed by atoms with van der Waals surface area (Å²) in [5.74, 6) is 0.340. The largest absolute Gasteiger partial charge is 0.491 e. The normalized spacial score (nSPS) is 9.92. The number of hydrogen-bond donors (Lipinski definition) is 2. The standard InChI is InChI=1S/C8H12N2O3/c1-9-6(11)3-2-4-8-10-7(12)5-13-8/h5,12H,2-4H2,1H3,(H,9,11). The number of aryl methyl sites for hydroxylation is 1. The second kappa shape index (κ2) is 4.49. The molecule has 0 aliphatic rings. The number of aromatic nitrogens is 1. The molecule has 0 radical (unpaired) electrons. The zero-order valence-electron chi connectivity index (χ0n) is 7.41. The maximum absolute atomic E-state index is 10.8. The van der Waals surface area contributed by atoms with E-state index in [1.54, 1.807) is 7.05 Å². The monoisotopic (exact) mass is 184 g/mol. The highest BCUT2D eigenvalue weighted by Gasteiger charge is 2.03. The minimum atomic E-state index is -0.116. The number of carbonyl (C=O) groups is 1. The number of nitrogens with zero attached hydrogens (tertiary/aromatic N) is 1. The van der Waals surface area contributed by atoms with E-state index >= 15 is 0 Å². The summed E-state index contributed by atoms with van der Waals surface area (Å²) in [6.07, 6.45) is 2.85. The van der Waals surface area contributed by atoms with Gasteiger partial charge in [-0.1, -0.05) is 0 Å². The van der Waals surface area contributed by atoms with Crippen LogP contribution in [-0.2, 0) is 11.2 Å². The van der Waals surface area contributed by atoms with Crippen molar-refractivity contribution in [2.75, 3.05) is 7.05 Å². The number of hydrogen-bond acceptors (Lipinski definition) is 4. The molecule has 5 nitrogen and oxygen atoms in total. The zero-order chi connectivity index (χ0) is 9.68. The Labute approximate surface area is 75.8 Å². The fourth-order valence-electron chi connectivity index (χ4n) is 0.941. The molecular weight excluding hydrogens is 172 g/mol. The predicted octanol–water partition coefficient (Wildman–Crippen LogP) is 0.449. The van der Waals surface area contributed by atoms with E-state index in [4.69, 9.17) is 9.52 Å². The van der Waals surface area contributed by atoms with Crippen LogP contribution in [0.3, 0.4) is 0 Å². The van der Waals surface area contributed by atoms with E-state index in [2.05, 4.69) is 10.3 Å². The van der Waals surface area contributed by atoms with Crippen molar-refractivity contribution >= 4 is 5.91 Å². The third-order valence-electron chi connectivity index (χ3n) is 1.61. The van der Waals surface area contributed by atoms with Gasteiger partial charge in [0, 0.05) is 19.9 Å². The van der Waals surface area contributed by atoms with E-state index in [0.717, 1.165) is 0 Å². The van der Waals surface area contributed by atoms with Crippen molar-refractivity contribution in [3.63, 3.8) is 0 Å². The lowest BCUT2D eigenvalue weighted by atomic mass is 10.2. The molecule has 0 saturated carbocycles. The van der Waals surface area contributed by atoms with Gasteiger partial charge in [-0.2, -0.15) is 4.98 Å². The Morgan fingerprint density at radius 2 is 2.54 bits per heavy atom. The first-order chi connectivity index (χ1) is 6.22. The Morgan fingerprint density at radius 3 is 3.08 bits per heavy atom. The molecule has 1 aromatic heterocycles. The van der Waals surface area contributed by atoms with Crippen LogP contribution in [0.5, 0.6) is 5.88 Å². The minimum absolute atomic E-state index is 0.00391. The summed E-state index contributed by atoms with van der Waals surface area (Å²) >= 11 is 0. The highest BCUT2D eigenvalue weighted by molar-refractivity contribution is 5.75. The zero-order valence-corrected chi connectivity index (χ0v) is 7.41. The molecule has 1 amide bonds. The van der Waals surface area contributed by atoms with E-state index < -0.39 is 0 Å². The van der Waals surface area contributed by atoms with E-state index in [0.29, 0.717) is 25.2 Å². The second-order valence-electron chi connectivity index (χ2n) is 2.63. The van der Waals surface area contributed by atoms with Crippen molar-refractivity contribution in [1.82, 2.24) is 10.3 Å². The van der Waals surface area contributed by atoms with Crippen LogP contribution < -0.4 is 5.32 Å². The van der Waals surface area contributed by atoms with Gasteiger partial charge in [-0.25, -0.2) is 0 Å². The molecule has 0 aliphatic heterocycles. The Hall–Kier alpha value is -1.52. The molecule has 0 aromatic carbocycles. The van der Waals surface area contributed by atoms with Gasteiger partial charge in [0.2, 0.25) is 11.8 Å². The highest BCUT2D eigenvalue weighted by Crippen LogP contribution is 2.09. The fraction of sp³-hybridized carbons (Fsp3) is 0.500. The van der Waals surface area contributed by atoms with Crippen LogP contribution >= 0.6 is 0 Å². The molecule has 0 saturated heterocycles. The molecule has 5 heteroatoms. The molecule has 0 aliphatic carbocycles. The summed E-state index contributed by atoms with van der Waals surface area (Å²) in [6.45, 7) is 0. The lowest BCUT2D eigenvalue weighted by molar-refractivity contribution is -0.120. The van der Waals surface area contributed by atoms with Gasteiger partial charge in [0.05, 0.1) is 0 Å². The maximum atomic E-state index is 10.8. The lowest BCUT2D eigenvalue weighted by Crippen LogP contribution is -2.17. The van der Waals surface area contributed by atoms with Gasteiger partial charge in [0.1, 0.15) is 0 Å². The number of carbonyl (C=O) groups excluding carboxylic acids is 1. The third kappa shape index (κ3) is 3.14. The Bertz CT molecular complexity index is 283. The van der Waals surface area contributed by atoms with Crippen molar-refractivity contribution < 1.29 is 14.3 Å². The molecule has 0 spiro atoms. The van der Waals surface area contributed by atoms with Crippen LogP contribution in [-0.4, -0.2) is 23.0 Å². The maximum Gasteiger partial charge on any atom is 0.250 e. The van der Waals surface area contributed by atoms with Crippen molar-refractivity contribution in [3.05, 3.63) is 12.2 Å². The Balaban J connectivity index is 2.24. The molecule has 2 N–H and O–H groups in total. The average molecular weight is 184 g/mol. The highest BCUT2D eigenvalue weighted by atomic mass is 16.4. The van der Waals surface area contributed by atoms with Gasteiger partial charge in [0.15, 0.2) is 12.2 Å². The average Bonchev–Trinajstić information content (AvgIpc) is 2.51. The summed E-state index contributed by atoms with van der Waals surface area (Å²) in [7, 11) is 1.60. The van der Waals surface area contributed by atoms with Crippen molar-refractivity contribution in [1.29, 1.82) is 0 Å². The molecule has 72 valence electrons. The SMILES string of the molecule is CNC(=O)CCCc1nc(O)co1. The summed E-state index contributed by atoms with van der Waals surface area (Å²) in [5, 5.41) is 11.3. The summed E-state index contributed by atoms with van der Waals surface area (Å²) in [4.78, 5) is 14.5. The predicted molar refractivity (Wildman–Crippen MR) is 45.2 cm³/mol. The van der Waals surface area contributed by atoms with Gasteiger partial charge in [-0.15, -0.1) is 0 Å². The van der Waals surface area contributed by atoms with Crippen LogP contribution in [0.25, 0.3) is 0 Å². The van der Waals surface area contributed by atoms with Crippen LogP contribution in [0.4, 0.5) is 0 Å². The van der Waals surface area contributed by atoms with Crippen LogP contribution in [0.2, 0.25) is 0 Å². The van der Waals surface area contributed by atoms with E-state index in [1.165, 1.54) is 6.26 Å². The lowest BCUT2D eigenvalue weighted by Gasteiger charge is -1.96. The number of nitrogens with one attached hydrogen (secondary N) is 1. The summed E-state index contributed by atoms with van der Waals surface area (Å²) in [6, 6.07) is 0. The number of aromatic hydroxyl groups is 1. The van der Waals surface area contributed by atoms with E-state index in [-0.39, 0.29) is 11.8 Å². The van der Waals surface area contributed by atoms with Gasteiger partial charge in [0.25, 0.3) is 0 Å². The molecule has 1 heterocycles. The first-order valence-electron chi connectivity index (χ1n) is 4.06. The topological polar surface area (TPSA) is 75.4 Å². The van der Waals surface area contributed by atoms with Crippen molar-refractivity contribution in [2.45, 2.75) is 19.3 Å². The van der Waals surface area contributed by atoms with Gasteiger partial charge in [-0.3, -0.25) is 4.79 Å². The number of rotatable bonds is 4.